The number of aryl methyl sites for hydroxylation is 2. The summed E-state index contributed by atoms with van der Waals surface area (Å²) in [6.45, 7) is 3.96. The highest BCUT2D eigenvalue weighted by Gasteiger charge is 2.04. The minimum absolute atomic E-state index is 0.255. The van der Waals surface area contributed by atoms with Crippen molar-refractivity contribution < 1.29 is 9.53 Å². The van der Waals surface area contributed by atoms with Gasteiger partial charge in [-0.3, -0.25) is 0 Å². The highest BCUT2D eigenvalue weighted by atomic mass is 16.5. The van der Waals surface area contributed by atoms with Crippen molar-refractivity contribution in [2.24, 2.45) is 0 Å². The molecule has 0 aliphatic carbocycles. The molecular weight excluding hydrogens is 256 g/mol. The number of anilines is 2. The van der Waals surface area contributed by atoms with Gasteiger partial charge in [0, 0.05) is 5.69 Å². The van der Waals surface area contributed by atoms with E-state index in [0.29, 0.717) is 5.69 Å². The number of benzene rings is 1. The molecule has 6 nitrogen and oxygen atoms in total. The summed E-state index contributed by atoms with van der Waals surface area (Å²) in [4.78, 5) is 19.7. The zero-order valence-electron chi connectivity index (χ0n) is 11.6. The third kappa shape index (κ3) is 3.68. The summed E-state index contributed by atoms with van der Waals surface area (Å²) in [5.74, 6) is 0. The van der Waals surface area contributed by atoms with Gasteiger partial charge in [0.25, 0.3) is 0 Å². The third-order valence-corrected chi connectivity index (χ3v) is 2.55. The number of carbonyl (C=O) groups excluding carboxylic acids is 1. The largest absolute Gasteiger partial charge is 0.467 e. The van der Waals surface area contributed by atoms with Crippen LogP contribution < -0.4 is 15.4 Å². The highest BCUT2D eigenvalue weighted by Crippen LogP contribution is 2.14. The SMILES string of the molecule is COc1ncc(NC(=O)Nc2cc(C)cc(C)c2)cn1. The highest BCUT2D eigenvalue weighted by molar-refractivity contribution is 5.99. The van der Waals surface area contributed by atoms with E-state index in [0.717, 1.165) is 16.8 Å². The minimum Gasteiger partial charge on any atom is -0.467 e. The van der Waals surface area contributed by atoms with E-state index in [1.165, 1.54) is 19.5 Å². The van der Waals surface area contributed by atoms with E-state index in [-0.39, 0.29) is 12.0 Å². The van der Waals surface area contributed by atoms with Crippen LogP contribution in [-0.2, 0) is 0 Å². The number of hydrogen-bond acceptors (Lipinski definition) is 4. The van der Waals surface area contributed by atoms with Crippen LogP contribution in [0.25, 0.3) is 0 Å². The second kappa shape index (κ2) is 6.01. The number of rotatable bonds is 3. The Kier molecular flexibility index (Phi) is 4.14. The van der Waals surface area contributed by atoms with Gasteiger partial charge in [-0.25, -0.2) is 14.8 Å². The van der Waals surface area contributed by atoms with Crippen LogP contribution in [0, 0.1) is 13.8 Å². The standard InChI is InChI=1S/C14H16N4O2/c1-9-4-10(2)6-11(5-9)17-13(19)18-12-7-15-14(20-3)16-8-12/h4-8H,1-3H3,(H2,17,18,19). The van der Waals surface area contributed by atoms with Crippen molar-refractivity contribution in [2.75, 3.05) is 17.7 Å². The maximum absolute atomic E-state index is 11.8. The molecule has 1 heterocycles. The van der Waals surface area contributed by atoms with Crippen molar-refractivity contribution in [2.45, 2.75) is 13.8 Å². The molecule has 0 radical (unpaired) electrons. The predicted octanol–water partition coefficient (Wildman–Crippen LogP) is 2.75. The van der Waals surface area contributed by atoms with Crippen molar-refractivity contribution in [3.63, 3.8) is 0 Å². The molecule has 2 aromatic rings. The topological polar surface area (TPSA) is 76.1 Å². The Morgan fingerprint density at radius 2 is 1.55 bits per heavy atom. The first-order chi connectivity index (χ1) is 9.56. The lowest BCUT2D eigenvalue weighted by atomic mass is 10.1. The van der Waals surface area contributed by atoms with Gasteiger partial charge in [-0.05, 0) is 37.1 Å². The van der Waals surface area contributed by atoms with E-state index in [1.54, 1.807) is 0 Å². The molecule has 0 bridgehead atoms. The lowest BCUT2D eigenvalue weighted by Crippen LogP contribution is -2.19. The number of amides is 2. The number of carbonyl (C=O) groups is 1. The van der Waals surface area contributed by atoms with Gasteiger partial charge in [0.15, 0.2) is 0 Å². The van der Waals surface area contributed by atoms with Crippen LogP contribution in [0.15, 0.2) is 30.6 Å². The molecule has 2 N–H and O–H groups in total. The Bertz CT molecular complexity index is 591. The van der Waals surface area contributed by atoms with Crippen LogP contribution in [0.2, 0.25) is 0 Å². The summed E-state index contributed by atoms with van der Waals surface area (Å²) in [5.41, 5.74) is 3.42. The molecule has 2 amide bonds. The van der Waals surface area contributed by atoms with Crippen LogP contribution in [0.3, 0.4) is 0 Å². The fourth-order valence-corrected chi connectivity index (χ4v) is 1.83. The Morgan fingerprint density at radius 1 is 1.00 bits per heavy atom. The Balaban J connectivity index is 2.01. The summed E-state index contributed by atoms with van der Waals surface area (Å²) < 4.78 is 4.85. The maximum atomic E-state index is 11.8. The van der Waals surface area contributed by atoms with Crippen LogP contribution in [0.4, 0.5) is 16.2 Å². The second-order valence-corrected chi connectivity index (χ2v) is 4.41. The molecule has 2 rings (SSSR count). The molecule has 0 unspecified atom stereocenters. The van der Waals surface area contributed by atoms with E-state index in [1.807, 2.05) is 32.0 Å². The molecule has 0 saturated carbocycles. The van der Waals surface area contributed by atoms with Crippen LogP contribution in [-0.4, -0.2) is 23.1 Å². The zero-order chi connectivity index (χ0) is 14.5. The monoisotopic (exact) mass is 272 g/mol. The van der Waals surface area contributed by atoms with Gasteiger partial charge >= 0.3 is 12.0 Å². The van der Waals surface area contributed by atoms with E-state index >= 15 is 0 Å². The fourth-order valence-electron chi connectivity index (χ4n) is 1.83. The van der Waals surface area contributed by atoms with Gasteiger partial charge in [-0.2, -0.15) is 0 Å². The number of ether oxygens (including phenoxy) is 1. The summed E-state index contributed by atoms with van der Waals surface area (Å²) in [6.07, 6.45) is 2.96. The molecule has 104 valence electrons. The Labute approximate surface area is 117 Å². The molecular formula is C14H16N4O2. The Morgan fingerprint density at radius 3 is 2.10 bits per heavy atom. The van der Waals surface area contributed by atoms with Crippen molar-refractivity contribution in [1.82, 2.24) is 9.97 Å². The molecule has 6 heteroatoms. The second-order valence-electron chi connectivity index (χ2n) is 4.41. The van der Waals surface area contributed by atoms with Crippen molar-refractivity contribution in [3.8, 4) is 6.01 Å². The minimum atomic E-state index is -0.344. The smallest absolute Gasteiger partial charge is 0.323 e. The summed E-state index contributed by atoms with van der Waals surface area (Å²) in [7, 11) is 1.48. The number of urea groups is 1. The van der Waals surface area contributed by atoms with Gasteiger partial charge < -0.3 is 15.4 Å². The quantitative estimate of drug-likeness (QED) is 0.900. The number of aromatic nitrogens is 2. The van der Waals surface area contributed by atoms with E-state index in [4.69, 9.17) is 4.74 Å². The molecule has 0 atom stereocenters. The third-order valence-electron chi connectivity index (χ3n) is 2.55. The van der Waals surface area contributed by atoms with Crippen molar-refractivity contribution >= 4 is 17.4 Å². The normalized spacial score (nSPS) is 9.95. The molecule has 0 fully saturated rings. The molecule has 20 heavy (non-hydrogen) atoms. The summed E-state index contributed by atoms with van der Waals surface area (Å²) in [5, 5.41) is 5.41. The van der Waals surface area contributed by atoms with Crippen molar-refractivity contribution in [3.05, 3.63) is 41.7 Å². The van der Waals surface area contributed by atoms with Crippen molar-refractivity contribution in [1.29, 1.82) is 0 Å². The zero-order valence-corrected chi connectivity index (χ0v) is 11.6. The van der Waals surface area contributed by atoms with Crippen LogP contribution in [0.1, 0.15) is 11.1 Å². The Hall–Kier alpha value is -2.63. The molecule has 0 aliphatic heterocycles. The lowest BCUT2D eigenvalue weighted by Gasteiger charge is -2.09. The first-order valence-corrected chi connectivity index (χ1v) is 6.09. The molecule has 0 spiro atoms. The average Bonchev–Trinajstić information content (AvgIpc) is 2.38. The van der Waals surface area contributed by atoms with Crippen LogP contribution >= 0.6 is 0 Å². The first-order valence-electron chi connectivity index (χ1n) is 6.09. The average molecular weight is 272 g/mol. The van der Waals surface area contributed by atoms with Gasteiger partial charge in [-0.1, -0.05) is 6.07 Å². The van der Waals surface area contributed by atoms with Gasteiger partial charge in [0.1, 0.15) is 0 Å². The molecule has 1 aromatic heterocycles. The number of methoxy groups -OCH3 is 1. The van der Waals surface area contributed by atoms with E-state index in [9.17, 15) is 4.79 Å². The summed E-state index contributed by atoms with van der Waals surface area (Å²) >= 11 is 0. The molecule has 1 aromatic carbocycles. The number of nitrogens with one attached hydrogen (secondary N) is 2. The van der Waals surface area contributed by atoms with E-state index < -0.39 is 0 Å². The maximum Gasteiger partial charge on any atom is 0.323 e. The van der Waals surface area contributed by atoms with E-state index in [2.05, 4.69) is 20.6 Å². The summed E-state index contributed by atoms with van der Waals surface area (Å²) in [6, 6.07) is 5.75. The van der Waals surface area contributed by atoms with Gasteiger partial charge in [0.05, 0.1) is 25.2 Å². The first kappa shape index (κ1) is 13.8. The molecule has 0 saturated heterocycles. The fraction of sp³-hybridized carbons (Fsp3) is 0.214. The number of nitrogens with zero attached hydrogens (tertiary/aromatic N) is 2. The molecule has 0 aliphatic rings. The van der Waals surface area contributed by atoms with Gasteiger partial charge in [-0.15, -0.1) is 0 Å². The van der Waals surface area contributed by atoms with Gasteiger partial charge in [0.2, 0.25) is 0 Å². The predicted molar refractivity (Wildman–Crippen MR) is 77.1 cm³/mol. The lowest BCUT2D eigenvalue weighted by molar-refractivity contribution is 0.262. The van der Waals surface area contributed by atoms with Crippen LogP contribution in [0.5, 0.6) is 6.01 Å². The number of hydrogen-bond donors (Lipinski definition) is 2.